The lowest BCUT2D eigenvalue weighted by atomic mass is 10.2. The molecule has 0 fully saturated rings. The largest absolute Gasteiger partial charge is 0.493 e. The Bertz CT molecular complexity index is 926. The van der Waals surface area contributed by atoms with Gasteiger partial charge in [0, 0.05) is 31.6 Å². The van der Waals surface area contributed by atoms with Gasteiger partial charge in [-0.15, -0.1) is 10.2 Å². The Morgan fingerprint density at radius 2 is 1.69 bits per heavy atom. The van der Waals surface area contributed by atoms with Crippen molar-refractivity contribution < 1.29 is 14.2 Å². The summed E-state index contributed by atoms with van der Waals surface area (Å²) in [5.74, 6) is 3.02. The number of hydrogen-bond donors (Lipinski definition) is 0. The van der Waals surface area contributed by atoms with E-state index in [4.69, 9.17) is 14.2 Å². The molecule has 154 valence electrons. The van der Waals surface area contributed by atoms with E-state index in [1.54, 1.807) is 33.1 Å². The molecule has 3 aromatic rings. The van der Waals surface area contributed by atoms with Gasteiger partial charge < -0.3 is 18.8 Å². The number of hydrogen-bond acceptors (Lipinski definition) is 6. The zero-order valence-electron chi connectivity index (χ0n) is 17.3. The lowest BCUT2D eigenvalue weighted by molar-refractivity contribution is 0.189. The molecule has 3 rings (SSSR count). The normalized spacial score (nSPS) is 10.9. The van der Waals surface area contributed by atoms with Gasteiger partial charge in [-0.05, 0) is 37.1 Å². The molecule has 7 heteroatoms. The molecule has 0 aliphatic carbocycles. The van der Waals surface area contributed by atoms with Crippen LogP contribution in [-0.4, -0.2) is 42.7 Å². The number of nitrogens with zero attached hydrogens (tertiary/aromatic N) is 3. The van der Waals surface area contributed by atoms with E-state index in [0.717, 1.165) is 35.3 Å². The maximum Gasteiger partial charge on any atom is 0.191 e. The molecule has 0 radical (unpaired) electrons. The van der Waals surface area contributed by atoms with E-state index >= 15 is 0 Å². The number of rotatable bonds is 10. The summed E-state index contributed by atoms with van der Waals surface area (Å²) in [6.07, 6.45) is 0.882. The molecule has 0 atom stereocenters. The van der Waals surface area contributed by atoms with Crippen molar-refractivity contribution in [1.82, 2.24) is 14.8 Å². The highest BCUT2D eigenvalue weighted by Gasteiger charge is 2.16. The van der Waals surface area contributed by atoms with Gasteiger partial charge in [-0.25, -0.2) is 0 Å². The van der Waals surface area contributed by atoms with Crippen LogP contribution >= 0.6 is 11.8 Å². The van der Waals surface area contributed by atoms with Crippen molar-refractivity contribution in [2.75, 3.05) is 27.9 Å². The standard InChI is InChI=1S/C22H27N3O3S/c1-16-6-8-17(9-7-16)15-29-22-24-23-21(25(22)12-5-13-26-2)18-10-11-19(27-3)20(14-18)28-4/h6-11,14H,5,12-13,15H2,1-4H3. The van der Waals surface area contributed by atoms with E-state index in [9.17, 15) is 0 Å². The highest BCUT2D eigenvalue weighted by molar-refractivity contribution is 7.98. The lowest BCUT2D eigenvalue weighted by Gasteiger charge is -2.12. The van der Waals surface area contributed by atoms with Crippen LogP contribution in [0.5, 0.6) is 11.5 Å². The monoisotopic (exact) mass is 413 g/mol. The van der Waals surface area contributed by atoms with Gasteiger partial charge in [0.1, 0.15) is 0 Å². The van der Waals surface area contributed by atoms with Crippen LogP contribution < -0.4 is 9.47 Å². The molecule has 0 bridgehead atoms. The van der Waals surface area contributed by atoms with Gasteiger partial charge in [0.2, 0.25) is 0 Å². The molecular formula is C22H27N3O3S. The Morgan fingerprint density at radius 1 is 0.931 bits per heavy atom. The fourth-order valence-corrected chi connectivity index (χ4v) is 3.91. The van der Waals surface area contributed by atoms with Gasteiger partial charge in [0.05, 0.1) is 14.2 Å². The topological polar surface area (TPSA) is 58.4 Å². The van der Waals surface area contributed by atoms with E-state index in [-0.39, 0.29) is 0 Å². The van der Waals surface area contributed by atoms with Crippen LogP contribution in [0.4, 0.5) is 0 Å². The van der Waals surface area contributed by atoms with E-state index in [2.05, 4.69) is 46.0 Å². The summed E-state index contributed by atoms with van der Waals surface area (Å²) in [6, 6.07) is 14.4. The fraction of sp³-hybridized carbons (Fsp3) is 0.364. The highest BCUT2D eigenvalue weighted by atomic mass is 32.2. The SMILES string of the molecule is COCCCn1c(SCc2ccc(C)cc2)nnc1-c1ccc(OC)c(OC)c1. The average Bonchev–Trinajstić information content (AvgIpc) is 3.15. The minimum Gasteiger partial charge on any atom is -0.493 e. The van der Waals surface area contributed by atoms with Gasteiger partial charge >= 0.3 is 0 Å². The molecule has 1 aromatic heterocycles. The first-order chi connectivity index (χ1) is 14.2. The maximum absolute atomic E-state index is 5.45. The molecule has 0 aliphatic rings. The van der Waals surface area contributed by atoms with Crippen LogP contribution in [0.15, 0.2) is 47.6 Å². The summed E-state index contributed by atoms with van der Waals surface area (Å²) in [6.45, 7) is 3.56. The first-order valence-electron chi connectivity index (χ1n) is 9.49. The van der Waals surface area contributed by atoms with Crippen molar-refractivity contribution in [1.29, 1.82) is 0 Å². The zero-order chi connectivity index (χ0) is 20.6. The molecule has 2 aromatic carbocycles. The number of benzene rings is 2. The van der Waals surface area contributed by atoms with Crippen molar-refractivity contribution in [3.8, 4) is 22.9 Å². The van der Waals surface area contributed by atoms with Crippen LogP contribution in [0.2, 0.25) is 0 Å². The second kappa shape index (κ2) is 10.3. The number of aromatic nitrogens is 3. The van der Waals surface area contributed by atoms with Gasteiger partial charge in [-0.1, -0.05) is 41.6 Å². The van der Waals surface area contributed by atoms with E-state index in [1.165, 1.54) is 11.1 Å². The third-order valence-corrected chi connectivity index (χ3v) is 5.62. The van der Waals surface area contributed by atoms with Crippen molar-refractivity contribution in [3.63, 3.8) is 0 Å². The second-order valence-corrected chi connectivity index (χ2v) is 7.59. The third-order valence-electron chi connectivity index (χ3n) is 4.58. The van der Waals surface area contributed by atoms with E-state index in [1.807, 2.05) is 18.2 Å². The van der Waals surface area contributed by atoms with Gasteiger partial charge in [0.15, 0.2) is 22.5 Å². The number of ether oxygens (including phenoxy) is 3. The van der Waals surface area contributed by atoms with Crippen LogP contribution in [0.3, 0.4) is 0 Å². The van der Waals surface area contributed by atoms with Crippen LogP contribution in [0, 0.1) is 6.92 Å². The molecule has 0 amide bonds. The first-order valence-corrected chi connectivity index (χ1v) is 10.5. The number of methoxy groups -OCH3 is 3. The highest BCUT2D eigenvalue weighted by Crippen LogP contribution is 2.33. The molecule has 0 aliphatic heterocycles. The zero-order valence-corrected chi connectivity index (χ0v) is 18.2. The molecule has 0 saturated carbocycles. The van der Waals surface area contributed by atoms with Crippen LogP contribution in [-0.2, 0) is 17.0 Å². The minimum atomic E-state index is 0.672. The lowest BCUT2D eigenvalue weighted by Crippen LogP contribution is -2.05. The summed E-state index contributed by atoms with van der Waals surface area (Å²) in [5, 5.41) is 9.84. The van der Waals surface area contributed by atoms with Crippen molar-refractivity contribution in [2.24, 2.45) is 0 Å². The third kappa shape index (κ3) is 5.31. The summed E-state index contributed by atoms with van der Waals surface area (Å²) in [5.41, 5.74) is 3.46. The summed E-state index contributed by atoms with van der Waals surface area (Å²) < 4.78 is 18.2. The Labute approximate surface area is 176 Å². The second-order valence-electron chi connectivity index (χ2n) is 6.65. The molecule has 6 nitrogen and oxygen atoms in total. The molecule has 1 heterocycles. The number of aryl methyl sites for hydroxylation is 1. The molecular weight excluding hydrogens is 386 g/mol. The molecule has 0 unspecified atom stereocenters. The van der Waals surface area contributed by atoms with Gasteiger partial charge in [-0.2, -0.15) is 0 Å². The Morgan fingerprint density at radius 3 is 2.38 bits per heavy atom. The average molecular weight is 414 g/mol. The molecule has 0 spiro atoms. The van der Waals surface area contributed by atoms with E-state index in [0.29, 0.717) is 18.1 Å². The van der Waals surface area contributed by atoms with Crippen molar-refractivity contribution >= 4 is 11.8 Å². The summed E-state index contributed by atoms with van der Waals surface area (Å²) in [7, 11) is 4.98. The smallest absolute Gasteiger partial charge is 0.191 e. The number of thioether (sulfide) groups is 1. The van der Waals surface area contributed by atoms with Crippen LogP contribution in [0.1, 0.15) is 17.5 Å². The summed E-state index contributed by atoms with van der Waals surface area (Å²) >= 11 is 1.69. The quantitative estimate of drug-likeness (QED) is 0.358. The predicted molar refractivity (Wildman–Crippen MR) is 116 cm³/mol. The Kier molecular flexibility index (Phi) is 7.55. The molecule has 0 saturated heterocycles. The van der Waals surface area contributed by atoms with Crippen LogP contribution in [0.25, 0.3) is 11.4 Å². The minimum absolute atomic E-state index is 0.672. The maximum atomic E-state index is 5.45. The van der Waals surface area contributed by atoms with Crippen molar-refractivity contribution in [2.45, 2.75) is 30.8 Å². The first kappa shape index (κ1) is 21.2. The predicted octanol–water partition coefficient (Wildman–Crippen LogP) is 4.60. The van der Waals surface area contributed by atoms with E-state index < -0.39 is 0 Å². The van der Waals surface area contributed by atoms with Gasteiger partial charge in [0.25, 0.3) is 0 Å². The van der Waals surface area contributed by atoms with Gasteiger partial charge in [-0.3, -0.25) is 0 Å². The summed E-state index contributed by atoms with van der Waals surface area (Å²) in [4.78, 5) is 0. The fourth-order valence-electron chi connectivity index (χ4n) is 2.99. The van der Waals surface area contributed by atoms with Crippen molar-refractivity contribution in [3.05, 3.63) is 53.6 Å². The Hall–Kier alpha value is -2.51. The molecule has 29 heavy (non-hydrogen) atoms. The Balaban J connectivity index is 1.87. The molecule has 0 N–H and O–H groups in total.